The van der Waals surface area contributed by atoms with Crippen molar-refractivity contribution in [3.05, 3.63) is 65.2 Å². The van der Waals surface area contributed by atoms with Crippen LogP contribution in [0, 0.1) is 11.3 Å². The van der Waals surface area contributed by atoms with Gasteiger partial charge in [-0.15, -0.1) is 0 Å². The third-order valence-corrected chi connectivity index (χ3v) is 5.60. The fourth-order valence-electron chi connectivity index (χ4n) is 2.39. The first-order valence-corrected chi connectivity index (χ1v) is 10.0. The molecule has 0 saturated carbocycles. The molecule has 0 fully saturated rings. The molecule has 26 heavy (non-hydrogen) atoms. The minimum Gasteiger partial charge on any atom is -0.321 e. The molecule has 7 heteroatoms. The first-order chi connectivity index (χ1) is 12.5. The second-order valence-corrected chi connectivity index (χ2v) is 7.47. The maximum Gasteiger partial charge on any atom is 0.335 e. The molecule has 2 aromatic rings. The van der Waals surface area contributed by atoms with Crippen molar-refractivity contribution < 1.29 is 18.4 Å². The Kier molecular flexibility index (Phi) is 7.11. The van der Waals surface area contributed by atoms with Gasteiger partial charge in [-0.25, -0.2) is 0 Å². The lowest BCUT2D eigenvalue weighted by atomic mass is 10.1. The molecule has 0 radical (unpaired) electrons. The summed E-state index contributed by atoms with van der Waals surface area (Å²) in [6.45, 7) is 4.13. The van der Waals surface area contributed by atoms with Crippen molar-refractivity contribution in [3.63, 3.8) is 0 Å². The van der Waals surface area contributed by atoms with Gasteiger partial charge in [0.15, 0.2) is 0 Å². The minimum atomic E-state index is -3.18. The molecular formula is C19H21N2O4P. The van der Waals surface area contributed by atoms with Gasteiger partial charge in [0.05, 0.1) is 30.6 Å². The largest absolute Gasteiger partial charge is 0.335 e. The summed E-state index contributed by atoms with van der Waals surface area (Å²) in [6.07, 6.45) is 0.147. The normalized spacial score (nSPS) is 11.0. The molecule has 0 aromatic heterocycles. The molecule has 0 aliphatic rings. The Balaban J connectivity index is 2.10. The highest BCUT2D eigenvalue weighted by molar-refractivity contribution is 7.53. The van der Waals surface area contributed by atoms with Crippen molar-refractivity contribution in [1.82, 2.24) is 0 Å². The van der Waals surface area contributed by atoms with Gasteiger partial charge in [0.2, 0.25) is 0 Å². The van der Waals surface area contributed by atoms with Crippen LogP contribution < -0.4 is 5.32 Å². The molecule has 0 spiro atoms. The Morgan fingerprint density at radius 1 is 1.08 bits per heavy atom. The van der Waals surface area contributed by atoms with Gasteiger partial charge in [0, 0.05) is 5.56 Å². The van der Waals surface area contributed by atoms with Crippen molar-refractivity contribution in [3.8, 4) is 6.07 Å². The van der Waals surface area contributed by atoms with Crippen LogP contribution in [-0.4, -0.2) is 19.1 Å². The monoisotopic (exact) mass is 372 g/mol. The molecule has 0 saturated heterocycles. The average molecular weight is 372 g/mol. The lowest BCUT2D eigenvalue weighted by Crippen LogP contribution is -2.12. The molecule has 0 aliphatic heterocycles. The van der Waals surface area contributed by atoms with E-state index in [1.807, 2.05) is 6.07 Å². The minimum absolute atomic E-state index is 0.147. The predicted molar refractivity (Wildman–Crippen MR) is 100 cm³/mol. The van der Waals surface area contributed by atoms with E-state index in [4.69, 9.17) is 14.3 Å². The van der Waals surface area contributed by atoms with Crippen LogP contribution in [0.25, 0.3) is 0 Å². The van der Waals surface area contributed by atoms with E-state index < -0.39 is 7.60 Å². The SMILES string of the molecule is CCOP(=O)(Cc1ccc(C(=O)Nc2ccccc2C#N)cc1)OCC. The van der Waals surface area contributed by atoms with Gasteiger partial charge in [-0.3, -0.25) is 9.36 Å². The van der Waals surface area contributed by atoms with E-state index in [2.05, 4.69) is 5.32 Å². The standard InChI is InChI=1S/C19H21N2O4P/c1-3-24-26(23,25-4-2)14-15-9-11-16(12-10-15)19(22)21-18-8-6-5-7-17(18)13-20/h5-12H,3-4,14H2,1-2H3,(H,21,22). The summed E-state index contributed by atoms with van der Waals surface area (Å²) in [5.74, 6) is -0.322. The van der Waals surface area contributed by atoms with E-state index in [0.29, 0.717) is 30.0 Å². The maximum atomic E-state index is 12.6. The van der Waals surface area contributed by atoms with E-state index in [1.165, 1.54) is 0 Å². The fourth-order valence-corrected chi connectivity index (χ4v) is 4.09. The second-order valence-electron chi connectivity index (χ2n) is 5.41. The molecule has 136 valence electrons. The second kappa shape index (κ2) is 9.30. The molecule has 2 rings (SSSR count). The van der Waals surface area contributed by atoms with Crippen LogP contribution in [0.2, 0.25) is 0 Å². The van der Waals surface area contributed by atoms with Crippen LogP contribution in [0.4, 0.5) is 5.69 Å². The van der Waals surface area contributed by atoms with E-state index in [0.717, 1.165) is 5.56 Å². The molecule has 1 amide bonds. The van der Waals surface area contributed by atoms with Crippen LogP contribution >= 0.6 is 7.60 Å². The Bertz CT molecular complexity index is 833. The van der Waals surface area contributed by atoms with Gasteiger partial charge in [-0.05, 0) is 43.7 Å². The number of para-hydroxylation sites is 1. The third-order valence-electron chi connectivity index (χ3n) is 3.54. The number of amides is 1. The van der Waals surface area contributed by atoms with Gasteiger partial charge in [0.1, 0.15) is 6.07 Å². The quantitative estimate of drug-likeness (QED) is 0.686. The third kappa shape index (κ3) is 5.27. The molecular weight excluding hydrogens is 351 g/mol. The van der Waals surface area contributed by atoms with E-state index in [9.17, 15) is 9.36 Å². The van der Waals surface area contributed by atoms with Gasteiger partial charge in [0.25, 0.3) is 5.91 Å². The summed E-state index contributed by atoms with van der Waals surface area (Å²) in [7, 11) is -3.18. The highest BCUT2D eigenvalue weighted by Gasteiger charge is 2.24. The molecule has 1 N–H and O–H groups in total. The van der Waals surface area contributed by atoms with Gasteiger partial charge < -0.3 is 14.4 Å². The van der Waals surface area contributed by atoms with Crippen LogP contribution in [0.5, 0.6) is 0 Å². The smallest absolute Gasteiger partial charge is 0.321 e. The molecule has 6 nitrogen and oxygen atoms in total. The number of anilines is 1. The van der Waals surface area contributed by atoms with E-state index in [1.54, 1.807) is 62.4 Å². The van der Waals surface area contributed by atoms with Crippen molar-refractivity contribution in [2.75, 3.05) is 18.5 Å². The van der Waals surface area contributed by atoms with Crippen molar-refractivity contribution in [2.45, 2.75) is 20.0 Å². The summed E-state index contributed by atoms with van der Waals surface area (Å²) < 4.78 is 23.1. The summed E-state index contributed by atoms with van der Waals surface area (Å²) in [5, 5.41) is 11.8. The number of nitrogens with zero attached hydrogens (tertiary/aromatic N) is 1. The predicted octanol–water partition coefficient (Wildman–Crippen LogP) is 4.58. The van der Waals surface area contributed by atoms with E-state index >= 15 is 0 Å². The summed E-state index contributed by atoms with van der Waals surface area (Å²) in [5.41, 5.74) is 2.04. The highest BCUT2D eigenvalue weighted by atomic mass is 31.2. The van der Waals surface area contributed by atoms with Gasteiger partial charge in [-0.2, -0.15) is 5.26 Å². The number of nitriles is 1. The van der Waals surface area contributed by atoms with Crippen LogP contribution in [0.3, 0.4) is 0 Å². The van der Waals surface area contributed by atoms with E-state index in [-0.39, 0.29) is 12.1 Å². The number of rotatable bonds is 8. The summed E-state index contributed by atoms with van der Waals surface area (Å²) in [4.78, 5) is 12.4. The number of nitrogens with one attached hydrogen (secondary N) is 1. The first kappa shape index (κ1) is 19.9. The number of benzene rings is 2. The topological polar surface area (TPSA) is 88.4 Å². The summed E-state index contributed by atoms with van der Waals surface area (Å²) >= 11 is 0. The number of carbonyl (C=O) groups is 1. The Morgan fingerprint density at radius 2 is 1.69 bits per heavy atom. The van der Waals surface area contributed by atoms with Crippen LogP contribution in [0.15, 0.2) is 48.5 Å². The fraction of sp³-hybridized carbons (Fsp3) is 0.263. The molecule has 0 unspecified atom stereocenters. The average Bonchev–Trinajstić information content (AvgIpc) is 2.63. The molecule has 0 aliphatic carbocycles. The molecule has 0 heterocycles. The Labute approximate surface area is 153 Å². The zero-order valence-electron chi connectivity index (χ0n) is 14.8. The summed E-state index contributed by atoms with van der Waals surface area (Å²) in [6, 6.07) is 15.5. The molecule has 0 bridgehead atoms. The van der Waals surface area contributed by atoms with Crippen LogP contribution in [-0.2, 0) is 19.8 Å². The lowest BCUT2D eigenvalue weighted by molar-refractivity contribution is 0.102. The zero-order valence-corrected chi connectivity index (χ0v) is 15.7. The number of hydrogen-bond acceptors (Lipinski definition) is 5. The van der Waals surface area contributed by atoms with Crippen molar-refractivity contribution in [2.24, 2.45) is 0 Å². The van der Waals surface area contributed by atoms with Crippen molar-refractivity contribution in [1.29, 1.82) is 5.26 Å². The van der Waals surface area contributed by atoms with Crippen molar-refractivity contribution >= 4 is 19.2 Å². The number of hydrogen-bond donors (Lipinski definition) is 1. The zero-order chi connectivity index (χ0) is 19.0. The molecule has 2 aromatic carbocycles. The first-order valence-electron chi connectivity index (χ1n) is 8.29. The van der Waals surface area contributed by atoms with Gasteiger partial charge in [-0.1, -0.05) is 24.3 Å². The Morgan fingerprint density at radius 3 is 2.27 bits per heavy atom. The molecule has 0 atom stereocenters. The van der Waals surface area contributed by atoms with Gasteiger partial charge >= 0.3 is 7.60 Å². The maximum absolute atomic E-state index is 12.6. The highest BCUT2D eigenvalue weighted by Crippen LogP contribution is 2.51. The Hall–Kier alpha value is -2.45. The lowest BCUT2D eigenvalue weighted by Gasteiger charge is -2.17. The van der Waals surface area contributed by atoms with Crippen LogP contribution in [0.1, 0.15) is 35.3 Å². The number of carbonyl (C=O) groups excluding carboxylic acids is 1.